The summed E-state index contributed by atoms with van der Waals surface area (Å²) in [5, 5.41) is 1.93. The number of aromatic nitrogens is 1. The summed E-state index contributed by atoms with van der Waals surface area (Å²) in [4.78, 5) is 3.78. The Bertz CT molecular complexity index is 530. The van der Waals surface area contributed by atoms with Crippen molar-refractivity contribution in [2.45, 2.75) is 17.2 Å². The minimum atomic E-state index is 0.547. The molecule has 1 aliphatic heterocycles. The first-order valence-electron chi connectivity index (χ1n) is 5.17. The number of hydrogen-bond donors (Lipinski definition) is 0. The highest BCUT2D eigenvalue weighted by Crippen LogP contribution is 2.47. The number of hydrogen-bond acceptors (Lipinski definition) is 2. The van der Waals surface area contributed by atoms with Crippen LogP contribution in [0, 0.1) is 0 Å². The van der Waals surface area contributed by atoms with Crippen molar-refractivity contribution < 1.29 is 0 Å². The van der Waals surface area contributed by atoms with E-state index in [0.717, 1.165) is 0 Å². The highest BCUT2D eigenvalue weighted by Gasteiger charge is 2.29. The number of nitrogens with zero attached hydrogens (tertiary/aromatic N) is 2. The summed E-state index contributed by atoms with van der Waals surface area (Å²) in [6.45, 7) is 2.25. The Morgan fingerprint density at radius 1 is 1.20 bits per heavy atom. The van der Waals surface area contributed by atoms with Gasteiger partial charge in [0.1, 0.15) is 5.82 Å². The van der Waals surface area contributed by atoms with Crippen LogP contribution in [-0.2, 0) is 7.05 Å². The normalized spacial score (nSPS) is 19.9. The Labute approximate surface area is 93.9 Å². The molecule has 0 saturated carbocycles. The minimum absolute atomic E-state index is 0.547. The summed E-state index contributed by atoms with van der Waals surface area (Å²) in [6.07, 6.45) is 0. The van der Waals surface area contributed by atoms with Crippen molar-refractivity contribution in [3.8, 4) is 0 Å². The third-order valence-electron chi connectivity index (χ3n) is 3.20. The summed E-state index contributed by atoms with van der Waals surface area (Å²) in [5.74, 6) is 1.36. The number of para-hydroxylation sites is 1. The minimum Gasteiger partial charge on any atom is -0.348 e. The molecule has 2 heterocycles. The van der Waals surface area contributed by atoms with Gasteiger partial charge in [0, 0.05) is 19.5 Å². The van der Waals surface area contributed by atoms with E-state index in [4.69, 9.17) is 0 Å². The average Bonchev–Trinajstić information content (AvgIpc) is 2.68. The maximum Gasteiger partial charge on any atom is 0.124 e. The van der Waals surface area contributed by atoms with Crippen LogP contribution in [0.25, 0.3) is 10.9 Å². The van der Waals surface area contributed by atoms with E-state index in [1.54, 1.807) is 0 Å². The van der Waals surface area contributed by atoms with Gasteiger partial charge in [0.15, 0.2) is 0 Å². The van der Waals surface area contributed by atoms with Crippen molar-refractivity contribution in [1.29, 1.82) is 0 Å². The van der Waals surface area contributed by atoms with Crippen molar-refractivity contribution in [1.82, 2.24) is 4.57 Å². The van der Waals surface area contributed by atoms with Crippen LogP contribution in [0.15, 0.2) is 29.2 Å². The summed E-state index contributed by atoms with van der Waals surface area (Å²) < 4.78 is 2.29. The van der Waals surface area contributed by atoms with Crippen LogP contribution in [0.2, 0.25) is 0 Å². The first-order valence-corrected chi connectivity index (χ1v) is 6.05. The van der Waals surface area contributed by atoms with Crippen molar-refractivity contribution >= 4 is 28.5 Å². The lowest BCUT2D eigenvalue weighted by molar-refractivity contribution is 0.841. The average molecular weight is 218 g/mol. The van der Waals surface area contributed by atoms with Crippen LogP contribution in [0.4, 0.5) is 5.82 Å². The van der Waals surface area contributed by atoms with E-state index in [0.29, 0.717) is 5.37 Å². The van der Waals surface area contributed by atoms with Crippen LogP contribution in [-0.4, -0.2) is 17.0 Å². The van der Waals surface area contributed by atoms with E-state index >= 15 is 0 Å². The lowest BCUT2D eigenvalue weighted by Crippen LogP contribution is -2.23. The molecule has 0 amide bonds. The Morgan fingerprint density at radius 2 is 1.93 bits per heavy atom. The Balaban J connectivity index is 2.38. The molecule has 0 N–H and O–H groups in total. The fourth-order valence-corrected chi connectivity index (χ4v) is 3.56. The highest BCUT2D eigenvalue weighted by molar-refractivity contribution is 8.00. The quantitative estimate of drug-likeness (QED) is 0.671. The van der Waals surface area contributed by atoms with Gasteiger partial charge >= 0.3 is 0 Å². The third-order valence-corrected chi connectivity index (χ3v) is 4.49. The molecule has 1 atom stereocenters. The molecule has 0 fully saturated rings. The van der Waals surface area contributed by atoms with Crippen LogP contribution in [0.1, 0.15) is 6.92 Å². The van der Waals surface area contributed by atoms with Crippen LogP contribution >= 0.6 is 11.8 Å². The standard InChI is InChI=1S/C12H14N2S/c1-8-13(2)12-11(15-8)9-6-4-5-7-10(9)14(12)3/h4-8H,1-3H3. The van der Waals surface area contributed by atoms with Crippen molar-refractivity contribution in [2.75, 3.05) is 11.9 Å². The van der Waals surface area contributed by atoms with Crippen molar-refractivity contribution in [2.24, 2.45) is 7.05 Å². The smallest absolute Gasteiger partial charge is 0.124 e. The fourth-order valence-electron chi connectivity index (χ4n) is 2.28. The Hall–Kier alpha value is -1.09. The molecule has 0 bridgehead atoms. The number of aryl methyl sites for hydroxylation is 1. The first-order chi connectivity index (χ1) is 7.20. The predicted molar refractivity (Wildman–Crippen MR) is 66.6 cm³/mol. The van der Waals surface area contributed by atoms with Gasteiger partial charge in [-0.05, 0) is 13.0 Å². The van der Waals surface area contributed by atoms with Crippen LogP contribution in [0.5, 0.6) is 0 Å². The molecule has 15 heavy (non-hydrogen) atoms. The zero-order valence-corrected chi connectivity index (χ0v) is 10.0. The predicted octanol–water partition coefficient (Wildman–Crippen LogP) is 3.07. The van der Waals surface area contributed by atoms with Gasteiger partial charge in [-0.15, -0.1) is 0 Å². The lowest BCUT2D eigenvalue weighted by atomic mass is 10.2. The zero-order valence-electron chi connectivity index (χ0n) is 9.19. The number of anilines is 1. The molecule has 1 aromatic heterocycles. The Kier molecular flexibility index (Phi) is 1.80. The molecule has 1 aromatic carbocycles. The molecule has 0 saturated heterocycles. The molecule has 1 aliphatic rings. The molecule has 78 valence electrons. The van der Waals surface area contributed by atoms with Gasteiger partial charge in [0.25, 0.3) is 0 Å². The van der Waals surface area contributed by atoms with Gasteiger partial charge in [-0.2, -0.15) is 0 Å². The van der Waals surface area contributed by atoms with Gasteiger partial charge in [-0.25, -0.2) is 0 Å². The van der Waals surface area contributed by atoms with E-state index in [1.807, 2.05) is 11.8 Å². The zero-order chi connectivity index (χ0) is 10.6. The van der Waals surface area contributed by atoms with E-state index < -0.39 is 0 Å². The molecule has 0 radical (unpaired) electrons. The topological polar surface area (TPSA) is 8.17 Å². The second-order valence-corrected chi connectivity index (χ2v) is 5.38. The van der Waals surface area contributed by atoms with Crippen LogP contribution in [0.3, 0.4) is 0 Å². The largest absolute Gasteiger partial charge is 0.348 e. The molecule has 2 aromatic rings. The van der Waals surface area contributed by atoms with E-state index in [-0.39, 0.29) is 0 Å². The van der Waals surface area contributed by atoms with Crippen molar-refractivity contribution in [3.63, 3.8) is 0 Å². The van der Waals surface area contributed by atoms with Gasteiger partial charge in [-0.1, -0.05) is 30.0 Å². The van der Waals surface area contributed by atoms with E-state index in [1.165, 1.54) is 21.6 Å². The van der Waals surface area contributed by atoms with E-state index in [2.05, 4.69) is 54.8 Å². The molecule has 3 heteroatoms. The summed E-state index contributed by atoms with van der Waals surface area (Å²) in [6, 6.07) is 8.62. The summed E-state index contributed by atoms with van der Waals surface area (Å²) in [5.41, 5.74) is 1.33. The van der Waals surface area contributed by atoms with Gasteiger partial charge in [0.05, 0.1) is 15.8 Å². The van der Waals surface area contributed by atoms with E-state index in [9.17, 15) is 0 Å². The lowest BCUT2D eigenvalue weighted by Gasteiger charge is -2.18. The number of rotatable bonds is 0. The second-order valence-electron chi connectivity index (χ2n) is 4.06. The SMILES string of the molecule is CC1Sc2c(n(C)c3ccccc23)N1C. The van der Waals surface area contributed by atoms with Gasteiger partial charge < -0.3 is 9.47 Å². The fraction of sp³-hybridized carbons (Fsp3) is 0.333. The summed E-state index contributed by atoms with van der Waals surface area (Å²) in [7, 11) is 4.32. The molecular formula is C12H14N2S. The maximum atomic E-state index is 2.35. The molecule has 0 aliphatic carbocycles. The number of thioether (sulfide) groups is 1. The molecule has 1 unspecified atom stereocenters. The highest BCUT2D eigenvalue weighted by atomic mass is 32.2. The maximum absolute atomic E-state index is 2.35. The van der Waals surface area contributed by atoms with Gasteiger partial charge in [0.2, 0.25) is 0 Å². The Morgan fingerprint density at radius 3 is 2.73 bits per heavy atom. The molecular weight excluding hydrogens is 204 g/mol. The monoisotopic (exact) mass is 218 g/mol. The molecule has 0 spiro atoms. The third kappa shape index (κ3) is 1.07. The van der Waals surface area contributed by atoms with Crippen LogP contribution < -0.4 is 4.90 Å². The number of fused-ring (bicyclic) bond motifs is 3. The van der Waals surface area contributed by atoms with Gasteiger partial charge in [-0.3, -0.25) is 0 Å². The molecule has 3 rings (SSSR count). The first kappa shape index (κ1) is 9.16. The number of benzene rings is 1. The molecule has 2 nitrogen and oxygen atoms in total. The second kappa shape index (κ2) is 2.95. The van der Waals surface area contributed by atoms with Crippen molar-refractivity contribution in [3.05, 3.63) is 24.3 Å². The summed E-state index contributed by atoms with van der Waals surface area (Å²) >= 11 is 1.95.